The summed E-state index contributed by atoms with van der Waals surface area (Å²) < 4.78 is 5.87. The van der Waals surface area contributed by atoms with Crippen LogP contribution in [0.5, 0.6) is 0 Å². The Kier molecular flexibility index (Phi) is 3.91. The van der Waals surface area contributed by atoms with E-state index < -0.39 is 0 Å². The van der Waals surface area contributed by atoms with E-state index in [9.17, 15) is 4.79 Å². The van der Waals surface area contributed by atoms with E-state index in [0.717, 1.165) is 43.3 Å². The van der Waals surface area contributed by atoms with E-state index in [4.69, 9.17) is 4.42 Å². The number of rotatable bonds is 5. The van der Waals surface area contributed by atoms with Crippen LogP contribution < -0.4 is 5.32 Å². The number of anilines is 1. The predicted molar refractivity (Wildman–Crippen MR) is 111 cm³/mol. The Hall–Kier alpha value is -2.90. The van der Waals surface area contributed by atoms with Crippen molar-refractivity contribution in [2.75, 3.05) is 18.4 Å². The number of carbonyl (C=O) groups excluding carboxylic acids is 1. The van der Waals surface area contributed by atoms with Gasteiger partial charge in [0.1, 0.15) is 6.04 Å². The van der Waals surface area contributed by atoms with E-state index in [2.05, 4.69) is 43.9 Å². The highest BCUT2D eigenvalue weighted by molar-refractivity contribution is 5.84. The highest BCUT2D eigenvalue weighted by Gasteiger charge is 2.46. The molecule has 2 saturated carbocycles. The highest BCUT2D eigenvalue weighted by Crippen LogP contribution is 2.55. The lowest BCUT2D eigenvalue weighted by atomic mass is 9.93. The molecule has 3 aromatic rings. The number of aromatic amines is 1. The zero-order valence-electron chi connectivity index (χ0n) is 17.1. The number of benzene rings is 1. The molecule has 156 valence electrons. The average molecular weight is 406 g/mol. The van der Waals surface area contributed by atoms with Crippen LogP contribution in [0, 0.1) is 5.41 Å². The number of hydrogen-bond donors (Lipinski definition) is 2. The molecule has 1 unspecified atom stereocenters. The first-order chi connectivity index (χ1) is 14.6. The predicted octanol–water partition coefficient (Wildman–Crippen LogP) is 3.42. The Balaban J connectivity index is 1.09. The molecule has 8 nitrogen and oxygen atoms in total. The molecule has 2 aromatic heterocycles. The lowest BCUT2D eigenvalue weighted by Gasteiger charge is -2.33. The van der Waals surface area contributed by atoms with E-state index in [1.807, 2.05) is 18.0 Å². The van der Waals surface area contributed by atoms with Crippen molar-refractivity contribution in [2.45, 2.75) is 56.9 Å². The first-order valence-corrected chi connectivity index (χ1v) is 10.9. The summed E-state index contributed by atoms with van der Waals surface area (Å²) in [4.78, 5) is 14.8. The summed E-state index contributed by atoms with van der Waals surface area (Å²) in [6.45, 7) is 3.60. The fraction of sp³-hybridized carbons (Fsp3) is 0.545. The standard InChI is InChI=1S/C22H26N6O2/c1-13(20(29)28-9-7-22(5-6-22)8-10-28)24-21-27-26-19(30-21)17-11-16(17)15-4-2-3-14-12-23-25-18(14)15/h2-4,12-13,16-17H,5-11H2,1H3,(H,23,25)(H,24,27)/t13-,16-,17?/m1/s1. The minimum Gasteiger partial charge on any atom is -0.408 e. The topological polar surface area (TPSA) is 99.9 Å². The summed E-state index contributed by atoms with van der Waals surface area (Å²) in [6, 6.07) is 6.19. The average Bonchev–Trinajstić information content (AvgIpc) is 3.60. The molecule has 3 atom stereocenters. The van der Waals surface area contributed by atoms with Crippen LogP contribution in [0.4, 0.5) is 6.01 Å². The monoisotopic (exact) mass is 406 g/mol. The highest BCUT2D eigenvalue weighted by atomic mass is 16.4. The number of aromatic nitrogens is 4. The molecule has 1 spiro atoms. The van der Waals surface area contributed by atoms with Crippen molar-refractivity contribution in [3.63, 3.8) is 0 Å². The summed E-state index contributed by atoms with van der Waals surface area (Å²) in [6.07, 6.45) is 7.78. The smallest absolute Gasteiger partial charge is 0.316 e. The van der Waals surface area contributed by atoms with Crippen molar-refractivity contribution in [3.05, 3.63) is 35.9 Å². The maximum absolute atomic E-state index is 12.8. The lowest BCUT2D eigenvalue weighted by Crippen LogP contribution is -2.45. The third kappa shape index (κ3) is 3.05. The van der Waals surface area contributed by atoms with Gasteiger partial charge < -0.3 is 14.6 Å². The van der Waals surface area contributed by atoms with Gasteiger partial charge >= 0.3 is 6.01 Å². The summed E-state index contributed by atoms with van der Waals surface area (Å²) >= 11 is 0. The molecule has 3 fully saturated rings. The van der Waals surface area contributed by atoms with Gasteiger partial charge in [-0.05, 0) is 55.9 Å². The van der Waals surface area contributed by atoms with E-state index in [1.165, 1.54) is 18.4 Å². The molecule has 1 saturated heterocycles. The Bertz CT molecular complexity index is 1090. The van der Waals surface area contributed by atoms with E-state index in [1.54, 1.807) is 0 Å². The largest absolute Gasteiger partial charge is 0.408 e. The molecule has 2 aliphatic carbocycles. The first kappa shape index (κ1) is 17.9. The van der Waals surface area contributed by atoms with Gasteiger partial charge in [-0.3, -0.25) is 9.89 Å². The third-order valence-electron chi connectivity index (χ3n) is 7.26. The molecule has 3 heterocycles. The van der Waals surface area contributed by atoms with Crippen molar-refractivity contribution < 1.29 is 9.21 Å². The number of H-pyrrole nitrogens is 1. The molecule has 2 N–H and O–H groups in total. The van der Waals surface area contributed by atoms with Crippen LogP contribution in [-0.2, 0) is 4.79 Å². The van der Waals surface area contributed by atoms with Gasteiger partial charge in [-0.25, -0.2) is 0 Å². The second-order valence-electron chi connectivity index (χ2n) is 9.27. The van der Waals surface area contributed by atoms with Crippen LogP contribution >= 0.6 is 0 Å². The summed E-state index contributed by atoms with van der Waals surface area (Å²) in [5.74, 6) is 1.31. The second-order valence-corrected chi connectivity index (χ2v) is 9.27. The van der Waals surface area contributed by atoms with Gasteiger partial charge in [0.25, 0.3) is 0 Å². The van der Waals surface area contributed by atoms with Gasteiger partial charge in [-0.2, -0.15) is 5.10 Å². The van der Waals surface area contributed by atoms with Gasteiger partial charge in [-0.15, -0.1) is 5.10 Å². The van der Waals surface area contributed by atoms with Crippen LogP contribution in [-0.4, -0.2) is 50.3 Å². The Labute approximate surface area is 174 Å². The minimum atomic E-state index is -0.375. The molecule has 0 radical (unpaired) electrons. The van der Waals surface area contributed by atoms with E-state index >= 15 is 0 Å². The molecular formula is C22H26N6O2. The van der Waals surface area contributed by atoms with Gasteiger partial charge in [0.05, 0.1) is 11.7 Å². The molecule has 6 rings (SSSR count). The lowest BCUT2D eigenvalue weighted by molar-refractivity contribution is -0.133. The van der Waals surface area contributed by atoms with Crippen LogP contribution in [0.1, 0.15) is 62.3 Å². The molecule has 1 aliphatic heterocycles. The number of amides is 1. The van der Waals surface area contributed by atoms with Crippen molar-refractivity contribution in [1.29, 1.82) is 0 Å². The summed E-state index contributed by atoms with van der Waals surface area (Å²) in [7, 11) is 0. The number of carbonyl (C=O) groups is 1. The Morgan fingerprint density at radius 2 is 2.07 bits per heavy atom. The van der Waals surface area contributed by atoms with Crippen LogP contribution in [0.3, 0.4) is 0 Å². The zero-order valence-corrected chi connectivity index (χ0v) is 17.1. The normalized spacial score (nSPS) is 25.4. The van der Waals surface area contributed by atoms with Gasteiger partial charge in [0.15, 0.2) is 0 Å². The van der Waals surface area contributed by atoms with Crippen molar-refractivity contribution in [1.82, 2.24) is 25.3 Å². The fourth-order valence-corrected chi connectivity index (χ4v) is 4.95. The molecule has 0 bridgehead atoms. The number of fused-ring (bicyclic) bond motifs is 1. The maximum atomic E-state index is 12.8. The van der Waals surface area contributed by atoms with Crippen molar-refractivity contribution >= 4 is 22.8 Å². The third-order valence-corrected chi connectivity index (χ3v) is 7.26. The SMILES string of the molecule is C[C@@H](Nc1nnc(C2C[C@@H]2c2cccc3cn[nH]c23)o1)C(=O)N1CCC2(CC1)CC2. The number of nitrogens with zero attached hydrogens (tertiary/aromatic N) is 4. The molecule has 3 aliphatic rings. The van der Waals surface area contributed by atoms with E-state index in [-0.39, 0.29) is 17.9 Å². The van der Waals surface area contributed by atoms with Crippen molar-refractivity contribution in [2.24, 2.45) is 5.41 Å². The molecule has 30 heavy (non-hydrogen) atoms. The number of hydrogen-bond acceptors (Lipinski definition) is 6. The molecule has 1 amide bonds. The zero-order chi connectivity index (χ0) is 20.3. The Morgan fingerprint density at radius 3 is 2.87 bits per heavy atom. The number of piperidine rings is 1. The van der Waals surface area contributed by atoms with E-state index in [0.29, 0.717) is 23.2 Å². The Morgan fingerprint density at radius 1 is 1.23 bits per heavy atom. The number of para-hydroxylation sites is 1. The van der Waals surface area contributed by atoms with Crippen molar-refractivity contribution in [3.8, 4) is 0 Å². The molecule has 8 heteroatoms. The van der Waals surface area contributed by atoms with Gasteiger partial charge in [-0.1, -0.05) is 23.3 Å². The van der Waals surface area contributed by atoms with Gasteiger partial charge in [0.2, 0.25) is 11.8 Å². The quantitative estimate of drug-likeness (QED) is 0.673. The van der Waals surface area contributed by atoms with Crippen LogP contribution in [0.15, 0.2) is 28.8 Å². The molecule has 1 aromatic carbocycles. The number of nitrogens with one attached hydrogen (secondary N) is 2. The second kappa shape index (κ2) is 6.55. The number of likely N-dealkylation sites (tertiary alicyclic amines) is 1. The van der Waals surface area contributed by atoms with Crippen LogP contribution in [0.25, 0.3) is 10.9 Å². The first-order valence-electron chi connectivity index (χ1n) is 10.9. The maximum Gasteiger partial charge on any atom is 0.316 e. The van der Waals surface area contributed by atoms with Gasteiger partial charge in [0, 0.05) is 24.4 Å². The minimum absolute atomic E-state index is 0.112. The molecular weight excluding hydrogens is 380 g/mol. The fourth-order valence-electron chi connectivity index (χ4n) is 4.95. The summed E-state index contributed by atoms with van der Waals surface area (Å²) in [5.41, 5.74) is 2.89. The van der Waals surface area contributed by atoms with Crippen LogP contribution in [0.2, 0.25) is 0 Å². The summed E-state index contributed by atoms with van der Waals surface area (Å²) in [5, 5.41) is 19.9.